The zero-order chi connectivity index (χ0) is 11.1. The van der Waals surface area contributed by atoms with Crippen LogP contribution in [0.15, 0.2) is 0 Å². The van der Waals surface area contributed by atoms with E-state index in [1.54, 1.807) is 20.8 Å². The summed E-state index contributed by atoms with van der Waals surface area (Å²) in [6.45, 7) is 5.60. The standard InChI is InChI=1S/C10H18O4/c1-5-14-10(12)9(13-4)6-8(11)7(2)3/h7,9H,5-6H2,1-4H3. The van der Waals surface area contributed by atoms with E-state index in [1.807, 2.05) is 0 Å². The summed E-state index contributed by atoms with van der Waals surface area (Å²) in [5.74, 6) is -0.545. The fourth-order valence-electron chi connectivity index (χ4n) is 0.917. The molecule has 0 aromatic heterocycles. The predicted octanol–water partition coefficient (Wildman–Crippen LogP) is 1.18. The van der Waals surface area contributed by atoms with Crippen LogP contribution in [-0.2, 0) is 19.1 Å². The van der Waals surface area contributed by atoms with Gasteiger partial charge >= 0.3 is 5.97 Å². The van der Waals surface area contributed by atoms with Crippen LogP contribution in [-0.4, -0.2) is 31.6 Å². The van der Waals surface area contributed by atoms with Gasteiger partial charge in [-0.1, -0.05) is 13.8 Å². The summed E-state index contributed by atoms with van der Waals surface area (Å²) in [6.07, 6.45) is -0.669. The van der Waals surface area contributed by atoms with Crippen LogP contribution in [0.5, 0.6) is 0 Å². The van der Waals surface area contributed by atoms with Gasteiger partial charge in [-0.25, -0.2) is 4.79 Å². The maximum absolute atomic E-state index is 11.3. The number of carbonyl (C=O) groups excluding carboxylic acids is 2. The lowest BCUT2D eigenvalue weighted by molar-refractivity contribution is -0.157. The van der Waals surface area contributed by atoms with E-state index in [-0.39, 0.29) is 18.1 Å². The number of hydrogen-bond acceptors (Lipinski definition) is 4. The number of hydrogen-bond donors (Lipinski definition) is 0. The van der Waals surface area contributed by atoms with E-state index in [4.69, 9.17) is 9.47 Å². The van der Waals surface area contributed by atoms with Crippen molar-refractivity contribution in [3.63, 3.8) is 0 Å². The number of methoxy groups -OCH3 is 1. The number of esters is 1. The average molecular weight is 202 g/mol. The number of carbonyl (C=O) groups is 2. The molecule has 0 radical (unpaired) electrons. The zero-order valence-electron chi connectivity index (χ0n) is 9.20. The molecule has 14 heavy (non-hydrogen) atoms. The Hall–Kier alpha value is -0.900. The van der Waals surface area contributed by atoms with Crippen LogP contribution in [0.25, 0.3) is 0 Å². The molecule has 0 saturated heterocycles. The first-order valence-corrected chi connectivity index (χ1v) is 4.75. The fourth-order valence-corrected chi connectivity index (χ4v) is 0.917. The lowest BCUT2D eigenvalue weighted by Crippen LogP contribution is -2.29. The lowest BCUT2D eigenvalue weighted by atomic mass is 10.0. The Morgan fingerprint density at radius 2 is 1.86 bits per heavy atom. The van der Waals surface area contributed by atoms with Gasteiger partial charge < -0.3 is 9.47 Å². The first kappa shape index (κ1) is 13.1. The third-order valence-electron chi connectivity index (χ3n) is 1.86. The molecule has 0 fully saturated rings. The molecule has 0 rings (SSSR count). The van der Waals surface area contributed by atoms with Crippen molar-refractivity contribution in [1.82, 2.24) is 0 Å². The van der Waals surface area contributed by atoms with Crippen LogP contribution in [0.1, 0.15) is 27.2 Å². The Balaban J connectivity index is 4.15. The second-order valence-corrected chi connectivity index (χ2v) is 3.30. The van der Waals surface area contributed by atoms with E-state index in [1.165, 1.54) is 7.11 Å². The van der Waals surface area contributed by atoms with Crippen molar-refractivity contribution in [2.75, 3.05) is 13.7 Å². The molecule has 0 spiro atoms. The van der Waals surface area contributed by atoms with Gasteiger partial charge in [0.1, 0.15) is 5.78 Å². The molecule has 0 amide bonds. The number of Topliss-reactive ketones (excluding diaryl/α,β-unsaturated/α-hetero) is 1. The van der Waals surface area contributed by atoms with E-state index in [0.717, 1.165) is 0 Å². The Bertz CT molecular complexity index is 198. The van der Waals surface area contributed by atoms with Crippen LogP contribution in [0.2, 0.25) is 0 Å². The predicted molar refractivity (Wildman–Crippen MR) is 51.9 cm³/mol. The minimum Gasteiger partial charge on any atom is -0.464 e. The number of ketones is 1. The van der Waals surface area contributed by atoms with Crippen molar-refractivity contribution in [2.24, 2.45) is 5.92 Å². The molecule has 0 aliphatic heterocycles. The van der Waals surface area contributed by atoms with Gasteiger partial charge in [0, 0.05) is 19.4 Å². The second kappa shape index (κ2) is 6.54. The molecule has 1 atom stereocenters. The van der Waals surface area contributed by atoms with Gasteiger partial charge in [0.2, 0.25) is 0 Å². The van der Waals surface area contributed by atoms with Gasteiger partial charge in [-0.15, -0.1) is 0 Å². The van der Waals surface area contributed by atoms with Crippen molar-refractivity contribution in [3.05, 3.63) is 0 Å². The molecule has 0 aromatic rings. The Morgan fingerprint density at radius 1 is 1.29 bits per heavy atom. The second-order valence-electron chi connectivity index (χ2n) is 3.30. The maximum atomic E-state index is 11.3. The molecule has 0 N–H and O–H groups in total. The summed E-state index contributed by atoms with van der Waals surface area (Å²) in [6, 6.07) is 0. The molecule has 0 saturated carbocycles. The third-order valence-corrected chi connectivity index (χ3v) is 1.86. The molecule has 0 heterocycles. The Labute approximate surface area is 84.6 Å². The van der Waals surface area contributed by atoms with Crippen molar-refractivity contribution < 1.29 is 19.1 Å². The number of ether oxygens (including phenoxy) is 2. The first-order valence-electron chi connectivity index (χ1n) is 4.75. The van der Waals surface area contributed by atoms with Gasteiger partial charge in [-0.05, 0) is 6.92 Å². The van der Waals surface area contributed by atoms with E-state index in [2.05, 4.69) is 0 Å². The minimum atomic E-state index is -0.759. The molecule has 0 aliphatic rings. The largest absolute Gasteiger partial charge is 0.464 e. The fraction of sp³-hybridized carbons (Fsp3) is 0.800. The minimum absolute atomic E-state index is 0.00454. The van der Waals surface area contributed by atoms with Crippen LogP contribution >= 0.6 is 0 Å². The van der Waals surface area contributed by atoms with Crippen LogP contribution < -0.4 is 0 Å². The highest BCUT2D eigenvalue weighted by Crippen LogP contribution is 2.06. The molecule has 4 heteroatoms. The normalized spacial score (nSPS) is 12.6. The Kier molecular flexibility index (Phi) is 6.12. The van der Waals surface area contributed by atoms with Gasteiger partial charge in [0.05, 0.1) is 6.61 Å². The summed E-state index contributed by atoms with van der Waals surface area (Å²) in [5, 5.41) is 0. The molecular formula is C10H18O4. The monoisotopic (exact) mass is 202 g/mol. The van der Waals surface area contributed by atoms with Crippen LogP contribution in [0.3, 0.4) is 0 Å². The van der Waals surface area contributed by atoms with Crippen molar-refractivity contribution >= 4 is 11.8 Å². The van der Waals surface area contributed by atoms with E-state index in [0.29, 0.717) is 6.61 Å². The van der Waals surface area contributed by atoms with Gasteiger partial charge in [0.25, 0.3) is 0 Å². The third kappa shape index (κ3) is 4.37. The van der Waals surface area contributed by atoms with Gasteiger partial charge in [-0.2, -0.15) is 0 Å². The van der Waals surface area contributed by atoms with Gasteiger partial charge in [0.15, 0.2) is 6.10 Å². The highest BCUT2D eigenvalue weighted by molar-refractivity contribution is 5.86. The van der Waals surface area contributed by atoms with Crippen LogP contribution in [0.4, 0.5) is 0 Å². The molecule has 4 nitrogen and oxygen atoms in total. The SMILES string of the molecule is CCOC(=O)C(CC(=O)C(C)C)OC. The summed E-state index contributed by atoms with van der Waals surface area (Å²) < 4.78 is 9.65. The molecule has 0 bridgehead atoms. The molecular weight excluding hydrogens is 184 g/mol. The van der Waals surface area contributed by atoms with Crippen molar-refractivity contribution in [2.45, 2.75) is 33.3 Å². The van der Waals surface area contributed by atoms with Crippen LogP contribution in [0, 0.1) is 5.92 Å². The smallest absolute Gasteiger partial charge is 0.335 e. The summed E-state index contributed by atoms with van der Waals surface area (Å²) in [7, 11) is 1.40. The summed E-state index contributed by atoms with van der Waals surface area (Å²) in [4.78, 5) is 22.6. The average Bonchev–Trinajstić information content (AvgIpc) is 2.13. The number of rotatable bonds is 6. The summed E-state index contributed by atoms with van der Waals surface area (Å²) in [5.41, 5.74) is 0. The van der Waals surface area contributed by atoms with E-state index in [9.17, 15) is 9.59 Å². The van der Waals surface area contributed by atoms with E-state index < -0.39 is 12.1 Å². The Morgan fingerprint density at radius 3 is 2.21 bits per heavy atom. The van der Waals surface area contributed by atoms with Crippen molar-refractivity contribution in [1.29, 1.82) is 0 Å². The zero-order valence-corrected chi connectivity index (χ0v) is 9.20. The van der Waals surface area contributed by atoms with E-state index >= 15 is 0 Å². The highest BCUT2D eigenvalue weighted by atomic mass is 16.6. The summed E-state index contributed by atoms with van der Waals surface area (Å²) >= 11 is 0. The van der Waals surface area contributed by atoms with Crippen molar-refractivity contribution in [3.8, 4) is 0 Å². The first-order chi connectivity index (χ1) is 6.52. The lowest BCUT2D eigenvalue weighted by Gasteiger charge is -2.13. The molecule has 82 valence electrons. The maximum Gasteiger partial charge on any atom is 0.335 e. The molecule has 0 aliphatic carbocycles. The topological polar surface area (TPSA) is 52.6 Å². The molecule has 1 unspecified atom stereocenters. The quantitative estimate of drug-likeness (QED) is 0.607. The van der Waals surface area contributed by atoms with Gasteiger partial charge in [-0.3, -0.25) is 4.79 Å². The highest BCUT2D eigenvalue weighted by Gasteiger charge is 2.23. The molecule has 0 aromatic carbocycles.